The number of fused-ring (bicyclic) bond motifs is 1. The first kappa shape index (κ1) is 10.8. The van der Waals surface area contributed by atoms with Gasteiger partial charge in [0, 0.05) is 0 Å². The molecule has 0 amide bonds. The van der Waals surface area contributed by atoms with Crippen molar-refractivity contribution in [1.29, 1.82) is 0 Å². The van der Waals surface area contributed by atoms with Crippen molar-refractivity contribution < 1.29 is 0 Å². The topological polar surface area (TPSA) is 43.6 Å². The van der Waals surface area contributed by atoms with Gasteiger partial charge in [-0.15, -0.1) is 0 Å². The number of nitrogens with zero attached hydrogens (tertiary/aromatic N) is 4. The van der Waals surface area contributed by atoms with E-state index in [1.165, 1.54) is 0 Å². The number of halogens is 1. The van der Waals surface area contributed by atoms with E-state index in [1.54, 1.807) is 24.7 Å². The van der Waals surface area contributed by atoms with E-state index in [1.807, 2.05) is 16.8 Å². The Morgan fingerprint density at radius 2 is 2.06 bits per heavy atom. The zero-order valence-electron chi connectivity index (χ0n) is 8.58. The normalized spacial score (nSPS) is 10.9. The molecule has 0 aliphatic carbocycles. The fourth-order valence-corrected chi connectivity index (χ4v) is 2.31. The van der Waals surface area contributed by atoms with E-state index in [0.29, 0.717) is 5.02 Å². The molecule has 0 saturated heterocycles. The predicted molar refractivity (Wildman–Crippen MR) is 67.1 cm³/mol. The second-order valence-corrected chi connectivity index (χ2v) is 4.80. The Bertz CT molecular complexity index is 681. The molecule has 2 aromatic heterocycles. The van der Waals surface area contributed by atoms with Crippen molar-refractivity contribution in [2.75, 3.05) is 0 Å². The first-order chi connectivity index (χ1) is 8.24. The molecule has 3 rings (SSSR count). The van der Waals surface area contributed by atoms with Crippen LogP contribution in [0, 0.1) is 0 Å². The standard InChI is InChI=1S/C11H6AsClN4/c12-10-11(17-4-3-14-6-17)16-8-2-1-7(13)5-9(8)15-10/h1-6H. The molecule has 0 atom stereocenters. The zero-order valence-corrected chi connectivity index (χ0v) is 11.2. The van der Waals surface area contributed by atoms with Crippen molar-refractivity contribution in [3.63, 3.8) is 0 Å². The Morgan fingerprint density at radius 3 is 2.82 bits per heavy atom. The second-order valence-electron chi connectivity index (χ2n) is 3.47. The summed E-state index contributed by atoms with van der Waals surface area (Å²) in [5, 5.41) is 0.661. The molecule has 0 saturated carbocycles. The minimum atomic E-state index is 0.661. The Morgan fingerprint density at radius 1 is 1.18 bits per heavy atom. The van der Waals surface area contributed by atoms with Crippen molar-refractivity contribution >= 4 is 44.0 Å². The van der Waals surface area contributed by atoms with Gasteiger partial charge in [0.05, 0.1) is 0 Å². The summed E-state index contributed by atoms with van der Waals surface area (Å²) >= 11 is 8.33. The molecule has 1 aromatic carbocycles. The molecule has 0 aliphatic heterocycles. The number of hydrogen-bond donors (Lipinski definition) is 0. The first-order valence-electron chi connectivity index (χ1n) is 4.88. The average molecular weight is 305 g/mol. The van der Waals surface area contributed by atoms with Gasteiger partial charge in [0.1, 0.15) is 0 Å². The molecular formula is C11H6AsClN4. The fourth-order valence-electron chi connectivity index (χ4n) is 1.57. The summed E-state index contributed by atoms with van der Waals surface area (Å²) in [5.41, 5.74) is 1.60. The molecule has 0 aliphatic rings. The maximum atomic E-state index is 5.92. The van der Waals surface area contributed by atoms with Crippen LogP contribution < -0.4 is 4.48 Å². The molecule has 0 fully saturated rings. The Kier molecular flexibility index (Phi) is 2.61. The van der Waals surface area contributed by atoms with Crippen LogP contribution in [0.15, 0.2) is 36.9 Å². The van der Waals surface area contributed by atoms with Gasteiger partial charge in [-0.3, -0.25) is 0 Å². The third-order valence-corrected chi connectivity index (χ3v) is 3.20. The summed E-state index contributed by atoms with van der Waals surface area (Å²) in [7, 11) is 0. The summed E-state index contributed by atoms with van der Waals surface area (Å²) in [5.74, 6) is 0.761. The molecular weight excluding hydrogens is 299 g/mol. The van der Waals surface area contributed by atoms with Crippen molar-refractivity contribution in [2.24, 2.45) is 0 Å². The van der Waals surface area contributed by atoms with Crippen molar-refractivity contribution in [2.45, 2.75) is 0 Å². The quantitative estimate of drug-likeness (QED) is 0.636. The van der Waals surface area contributed by atoms with Crippen LogP contribution in [0.3, 0.4) is 0 Å². The molecule has 17 heavy (non-hydrogen) atoms. The van der Waals surface area contributed by atoms with E-state index in [0.717, 1.165) is 21.3 Å². The zero-order chi connectivity index (χ0) is 11.8. The van der Waals surface area contributed by atoms with Gasteiger partial charge >= 0.3 is 111 Å². The number of imidazole rings is 1. The number of aromatic nitrogens is 4. The minimum absolute atomic E-state index is 0.661. The SMILES string of the molecule is Clc1ccc2nc(-n3ccnc3)c([As])nc2c1. The van der Waals surface area contributed by atoms with Crippen LogP contribution in [-0.2, 0) is 0 Å². The van der Waals surface area contributed by atoms with Crippen LogP contribution >= 0.6 is 11.6 Å². The number of rotatable bonds is 1. The number of benzene rings is 1. The van der Waals surface area contributed by atoms with Gasteiger partial charge in [-0.25, -0.2) is 0 Å². The summed E-state index contributed by atoms with van der Waals surface area (Å²) in [6.07, 6.45) is 5.24. The van der Waals surface area contributed by atoms with E-state index < -0.39 is 0 Å². The van der Waals surface area contributed by atoms with Gasteiger partial charge in [-0.1, -0.05) is 0 Å². The van der Waals surface area contributed by atoms with Gasteiger partial charge in [-0.05, 0) is 0 Å². The molecule has 2 radical (unpaired) electrons. The predicted octanol–water partition coefficient (Wildman–Crippen LogP) is 1.26. The van der Waals surface area contributed by atoms with E-state index in [9.17, 15) is 0 Å². The second kappa shape index (κ2) is 4.13. The van der Waals surface area contributed by atoms with Crippen LogP contribution in [-0.4, -0.2) is 36.4 Å². The van der Waals surface area contributed by atoms with Gasteiger partial charge in [0.15, 0.2) is 0 Å². The fraction of sp³-hybridized carbons (Fsp3) is 0. The monoisotopic (exact) mass is 304 g/mol. The molecule has 0 N–H and O–H groups in total. The Balaban J connectivity index is 2.28. The summed E-state index contributed by atoms with van der Waals surface area (Å²) in [6.45, 7) is 0. The third-order valence-electron chi connectivity index (χ3n) is 2.34. The van der Waals surface area contributed by atoms with Gasteiger partial charge in [0.25, 0.3) is 0 Å². The Labute approximate surface area is 111 Å². The molecule has 6 heteroatoms. The van der Waals surface area contributed by atoms with Gasteiger partial charge in [-0.2, -0.15) is 0 Å². The van der Waals surface area contributed by atoms with Gasteiger partial charge < -0.3 is 0 Å². The van der Waals surface area contributed by atoms with Gasteiger partial charge in [0.2, 0.25) is 0 Å². The van der Waals surface area contributed by atoms with Crippen molar-refractivity contribution in [1.82, 2.24) is 19.5 Å². The third kappa shape index (κ3) is 1.94. The molecule has 0 bridgehead atoms. The van der Waals surface area contributed by atoms with E-state index in [-0.39, 0.29) is 0 Å². The van der Waals surface area contributed by atoms with E-state index in [4.69, 9.17) is 11.6 Å². The maximum absolute atomic E-state index is 5.92. The summed E-state index contributed by atoms with van der Waals surface area (Å²) in [6, 6.07) is 5.47. The molecule has 4 nitrogen and oxygen atoms in total. The molecule has 82 valence electrons. The number of hydrogen-bond acceptors (Lipinski definition) is 3. The summed E-state index contributed by atoms with van der Waals surface area (Å²) in [4.78, 5) is 13.0. The first-order valence-corrected chi connectivity index (χ1v) is 6.20. The van der Waals surface area contributed by atoms with Crippen molar-refractivity contribution in [3.8, 4) is 5.82 Å². The average Bonchev–Trinajstić information content (AvgIpc) is 2.81. The van der Waals surface area contributed by atoms with Crippen molar-refractivity contribution in [3.05, 3.63) is 41.9 Å². The van der Waals surface area contributed by atoms with E-state index in [2.05, 4.69) is 31.8 Å². The van der Waals surface area contributed by atoms with Crippen LogP contribution in [0.2, 0.25) is 5.02 Å². The van der Waals surface area contributed by atoms with Crippen LogP contribution in [0.1, 0.15) is 0 Å². The van der Waals surface area contributed by atoms with Crippen LogP contribution in [0.5, 0.6) is 0 Å². The van der Waals surface area contributed by atoms with Crippen LogP contribution in [0.4, 0.5) is 0 Å². The summed E-state index contributed by atoms with van der Waals surface area (Å²) < 4.78 is 2.61. The van der Waals surface area contributed by atoms with Crippen LogP contribution in [0.25, 0.3) is 16.9 Å². The Hall–Kier alpha value is -1.38. The molecule has 0 unspecified atom stereocenters. The molecule has 0 spiro atoms. The molecule has 3 aromatic rings. The van der Waals surface area contributed by atoms with E-state index >= 15 is 0 Å². The molecule has 2 heterocycles.